The van der Waals surface area contributed by atoms with E-state index in [4.69, 9.17) is 23.2 Å². The SMILES string of the molecule is O=C(CSc1ccccc1F)NCc1ccc(Cl)cc1Cl. The maximum absolute atomic E-state index is 13.4. The fourth-order valence-electron chi connectivity index (χ4n) is 1.61. The molecule has 2 rings (SSSR count). The number of thioether (sulfide) groups is 1. The molecule has 0 radical (unpaired) electrons. The number of carbonyl (C=O) groups excluding carboxylic acids is 1. The number of halogens is 3. The fraction of sp³-hybridized carbons (Fsp3) is 0.133. The molecule has 0 aliphatic carbocycles. The Labute approximate surface area is 136 Å². The highest BCUT2D eigenvalue weighted by Gasteiger charge is 2.07. The van der Waals surface area contributed by atoms with Gasteiger partial charge >= 0.3 is 0 Å². The lowest BCUT2D eigenvalue weighted by atomic mass is 10.2. The van der Waals surface area contributed by atoms with Crippen LogP contribution in [0, 0.1) is 5.82 Å². The highest BCUT2D eigenvalue weighted by atomic mass is 35.5. The van der Waals surface area contributed by atoms with Gasteiger partial charge in [0, 0.05) is 21.5 Å². The highest BCUT2D eigenvalue weighted by Crippen LogP contribution is 2.22. The largest absolute Gasteiger partial charge is 0.351 e. The van der Waals surface area contributed by atoms with Crippen molar-refractivity contribution >= 4 is 40.9 Å². The Hall–Kier alpha value is -1.23. The summed E-state index contributed by atoms with van der Waals surface area (Å²) in [7, 11) is 0. The first-order valence-electron chi connectivity index (χ1n) is 6.14. The lowest BCUT2D eigenvalue weighted by Crippen LogP contribution is -2.24. The number of amides is 1. The number of nitrogens with one attached hydrogen (secondary N) is 1. The summed E-state index contributed by atoms with van der Waals surface area (Å²) in [6, 6.07) is 11.5. The second-order valence-electron chi connectivity index (χ2n) is 4.23. The van der Waals surface area contributed by atoms with Gasteiger partial charge in [-0.3, -0.25) is 4.79 Å². The molecular weight excluding hydrogens is 332 g/mol. The summed E-state index contributed by atoms with van der Waals surface area (Å²) in [6.07, 6.45) is 0. The summed E-state index contributed by atoms with van der Waals surface area (Å²) in [4.78, 5) is 12.2. The number of hydrogen-bond donors (Lipinski definition) is 1. The minimum absolute atomic E-state index is 0.145. The molecule has 0 fully saturated rings. The summed E-state index contributed by atoms with van der Waals surface area (Å²) in [6.45, 7) is 0.312. The topological polar surface area (TPSA) is 29.1 Å². The van der Waals surface area contributed by atoms with Gasteiger partial charge in [0.15, 0.2) is 0 Å². The minimum atomic E-state index is -0.323. The van der Waals surface area contributed by atoms with Crippen molar-refractivity contribution in [3.63, 3.8) is 0 Å². The quantitative estimate of drug-likeness (QED) is 0.807. The molecule has 0 heterocycles. The van der Waals surface area contributed by atoms with E-state index in [2.05, 4.69) is 5.32 Å². The van der Waals surface area contributed by atoms with Gasteiger partial charge in [-0.05, 0) is 29.8 Å². The molecule has 0 bridgehead atoms. The van der Waals surface area contributed by atoms with Crippen molar-refractivity contribution in [2.45, 2.75) is 11.4 Å². The van der Waals surface area contributed by atoms with Crippen LogP contribution in [0.1, 0.15) is 5.56 Å². The Morgan fingerprint density at radius 2 is 1.95 bits per heavy atom. The zero-order chi connectivity index (χ0) is 15.2. The Morgan fingerprint density at radius 3 is 2.67 bits per heavy atom. The average molecular weight is 344 g/mol. The van der Waals surface area contributed by atoms with Crippen LogP contribution in [-0.2, 0) is 11.3 Å². The van der Waals surface area contributed by atoms with E-state index in [1.807, 2.05) is 0 Å². The average Bonchev–Trinajstić information content (AvgIpc) is 2.45. The Balaban J connectivity index is 1.84. The lowest BCUT2D eigenvalue weighted by Gasteiger charge is -2.07. The van der Waals surface area contributed by atoms with Crippen molar-refractivity contribution < 1.29 is 9.18 Å². The maximum atomic E-state index is 13.4. The molecule has 1 amide bonds. The first-order valence-corrected chi connectivity index (χ1v) is 7.88. The van der Waals surface area contributed by atoms with E-state index in [9.17, 15) is 9.18 Å². The molecule has 6 heteroatoms. The van der Waals surface area contributed by atoms with Gasteiger partial charge in [-0.15, -0.1) is 11.8 Å². The van der Waals surface area contributed by atoms with Gasteiger partial charge in [0.1, 0.15) is 5.82 Å². The van der Waals surface area contributed by atoms with Crippen LogP contribution in [0.4, 0.5) is 4.39 Å². The van der Waals surface area contributed by atoms with Gasteiger partial charge in [-0.2, -0.15) is 0 Å². The Bertz CT molecular complexity index is 651. The van der Waals surface area contributed by atoms with Crippen molar-refractivity contribution in [2.75, 3.05) is 5.75 Å². The second kappa shape index (κ2) is 7.69. The number of benzene rings is 2. The first-order chi connectivity index (χ1) is 10.1. The van der Waals surface area contributed by atoms with Crippen LogP contribution in [0.15, 0.2) is 47.4 Å². The molecule has 0 aliphatic heterocycles. The lowest BCUT2D eigenvalue weighted by molar-refractivity contribution is -0.118. The molecule has 0 aromatic heterocycles. The van der Waals surface area contributed by atoms with E-state index in [1.165, 1.54) is 6.07 Å². The summed E-state index contributed by atoms with van der Waals surface area (Å²) in [5, 5.41) is 3.79. The van der Waals surface area contributed by atoms with E-state index in [-0.39, 0.29) is 17.5 Å². The van der Waals surface area contributed by atoms with Gasteiger partial charge < -0.3 is 5.32 Å². The van der Waals surface area contributed by atoms with Crippen LogP contribution in [0.5, 0.6) is 0 Å². The van der Waals surface area contributed by atoms with Crippen molar-refractivity contribution in [2.24, 2.45) is 0 Å². The van der Waals surface area contributed by atoms with Crippen LogP contribution in [0.25, 0.3) is 0 Å². The van der Waals surface area contributed by atoms with E-state index in [1.54, 1.807) is 36.4 Å². The van der Waals surface area contributed by atoms with E-state index >= 15 is 0 Å². The van der Waals surface area contributed by atoms with E-state index < -0.39 is 0 Å². The van der Waals surface area contributed by atoms with Gasteiger partial charge in [-0.25, -0.2) is 4.39 Å². The molecule has 21 heavy (non-hydrogen) atoms. The predicted octanol–water partition coefficient (Wildman–Crippen LogP) is 4.54. The summed E-state index contributed by atoms with van der Waals surface area (Å²) in [5.74, 6) is -0.364. The third-order valence-corrected chi connectivity index (χ3v) is 4.32. The monoisotopic (exact) mass is 343 g/mol. The first kappa shape index (κ1) is 16.1. The maximum Gasteiger partial charge on any atom is 0.230 e. The molecule has 1 N–H and O–H groups in total. The van der Waals surface area contributed by atoms with E-state index in [0.717, 1.165) is 17.3 Å². The predicted molar refractivity (Wildman–Crippen MR) is 85.4 cm³/mol. The summed E-state index contributed by atoms with van der Waals surface area (Å²) < 4.78 is 13.4. The van der Waals surface area contributed by atoms with Crippen LogP contribution < -0.4 is 5.32 Å². The van der Waals surface area contributed by atoms with E-state index in [0.29, 0.717) is 21.5 Å². The van der Waals surface area contributed by atoms with Crippen LogP contribution in [0.3, 0.4) is 0 Å². The fourth-order valence-corrected chi connectivity index (χ4v) is 2.86. The number of hydrogen-bond acceptors (Lipinski definition) is 2. The van der Waals surface area contributed by atoms with Crippen LogP contribution >= 0.6 is 35.0 Å². The number of carbonyl (C=O) groups is 1. The van der Waals surface area contributed by atoms with Gasteiger partial charge in [0.25, 0.3) is 0 Å². The van der Waals surface area contributed by atoms with Crippen LogP contribution in [0.2, 0.25) is 10.0 Å². The van der Waals surface area contributed by atoms with Crippen molar-refractivity contribution in [3.8, 4) is 0 Å². The Morgan fingerprint density at radius 1 is 1.19 bits per heavy atom. The van der Waals surface area contributed by atoms with Crippen molar-refractivity contribution in [3.05, 3.63) is 63.9 Å². The molecule has 0 saturated carbocycles. The highest BCUT2D eigenvalue weighted by molar-refractivity contribution is 8.00. The van der Waals surface area contributed by atoms with Crippen LogP contribution in [-0.4, -0.2) is 11.7 Å². The smallest absolute Gasteiger partial charge is 0.230 e. The molecular formula is C15H12Cl2FNOS. The molecule has 2 aromatic rings. The zero-order valence-electron chi connectivity index (χ0n) is 10.9. The van der Waals surface area contributed by atoms with Crippen molar-refractivity contribution in [1.29, 1.82) is 0 Å². The minimum Gasteiger partial charge on any atom is -0.351 e. The molecule has 2 nitrogen and oxygen atoms in total. The number of rotatable bonds is 5. The molecule has 0 aliphatic rings. The summed E-state index contributed by atoms with van der Waals surface area (Å²) in [5.41, 5.74) is 0.783. The molecule has 0 saturated heterocycles. The van der Waals surface area contributed by atoms with Gasteiger partial charge in [-0.1, -0.05) is 41.4 Å². The molecule has 2 aromatic carbocycles. The van der Waals surface area contributed by atoms with Gasteiger partial charge in [0.05, 0.1) is 5.75 Å². The zero-order valence-corrected chi connectivity index (χ0v) is 13.2. The molecule has 0 unspecified atom stereocenters. The normalized spacial score (nSPS) is 10.4. The standard InChI is InChI=1S/C15H12Cl2FNOS/c16-11-6-5-10(12(17)7-11)8-19-15(20)9-21-14-4-2-1-3-13(14)18/h1-7H,8-9H2,(H,19,20). The summed E-state index contributed by atoms with van der Waals surface area (Å²) >= 11 is 13.0. The van der Waals surface area contributed by atoms with Gasteiger partial charge in [0.2, 0.25) is 5.91 Å². The molecule has 0 spiro atoms. The third-order valence-electron chi connectivity index (χ3n) is 2.69. The second-order valence-corrected chi connectivity index (χ2v) is 6.09. The van der Waals surface area contributed by atoms with Crippen molar-refractivity contribution in [1.82, 2.24) is 5.32 Å². The molecule has 0 atom stereocenters. The Kier molecular flexibility index (Phi) is 5.91. The molecule has 110 valence electrons. The third kappa shape index (κ3) is 4.92.